The standard InChI is InChI=1S/C21H25N7O8S2/c22-8(19(31)32)1-7-2-13(37-17-11(25-5-27-17)3-9(23)20(33)34)14(29)15(30)16(7)38-18-12(26-6-28-18)4-10(24)21(35)36/h2,5-6,8-10,29-30H,1,3-4,22-24H2,(H,25,27)(H,26,28)(H,31,32)(H,33,34)(H,35,36). The highest BCUT2D eigenvalue weighted by Crippen LogP contribution is 2.48. The van der Waals surface area contributed by atoms with E-state index in [1.54, 1.807) is 0 Å². The molecule has 0 aliphatic heterocycles. The van der Waals surface area contributed by atoms with Crippen LogP contribution in [-0.4, -0.2) is 81.5 Å². The summed E-state index contributed by atoms with van der Waals surface area (Å²) in [5, 5.41) is 49.8. The Balaban J connectivity index is 2.00. The average molecular weight is 568 g/mol. The fourth-order valence-corrected chi connectivity index (χ4v) is 5.24. The third kappa shape index (κ3) is 6.75. The predicted molar refractivity (Wildman–Crippen MR) is 133 cm³/mol. The van der Waals surface area contributed by atoms with Gasteiger partial charge in [0.15, 0.2) is 11.5 Å². The second-order valence-electron chi connectivity index (χ2n) is 8.08. The van der Waals surface area contributed by atoms with Crippen molar-refractivity contribution in [3.8, 4) is 11.5 Å². The minimum Gasteiger partial charge on any atom is -0.503 e. The molecular weight excluding hydrogens is 542 g/mol. The van der Waals surface area contributed by atoms with Gasteiger partial charge in [0.05, 0.1) is 33.8 Å². The van der Waals surface area contributed by atoms with Crippen LogP contribution in [-0.2, 0) is 33.6 Å². The summed E-state index contributed by atoms with van der Waals surface area (Å²) in [4.78, 5) is 47.7. The van der Waals surface area contributed by atoms with E-state index in [4.69, 9.17) is 27.4 Å². The van der Waals surface area contributed by atoms with Crippen LogP contribution in [0, 0.1) is 0 Å². The molecule has 0 aliphatic rings. The van der Waals surface area contributed by atoms with Gasteiger partial charge in [0.25, 0.3) is 0 Å². The summed E-state index contributed by atoms with van der Waals surface area (Å²) in [5.41, 5.74) is 18.0. The maximum Gasteiger partial charge on any atom is 0.320 e. The molecule has 2 aromatic heterocycles. The van der Waals surface area contributed by atoms with E-state index in [0.29, 0.717) is 11.4 Å². The lowest BCUT2D eigenvalue weighted by atomic mass is 10.1. The van der Waals surface area contributed by atoms with Crippen molar-refractivity contribution in [3.63, 3.8) is 0 Å². The number of aliphatic carboxylic acids is 3. The summed E-state index contributed by atoms with van der Waals surface area (Å²) in [6.07, 6.45) is 2.18. The average Bonchev–Trinajstić information content (AvgIpc) is 3.48. The number of rotatable bonds is 13. The fourth-order valence-electron chi connectivity index (χ4n) is 3.24. The van der Waals surface area contributed by atoms with Crippen LogP contribution in [0.5, 0.6) is 11.5 Å². The van der Waals surface area contributed by atoms with Crippen LogP contribution >= 0.6 is 23.5 Å². The molecule has 17 heteroatoms. The van der Waals surface area contributed by atoms with E-state index in [1.165, 1.54) is 18.7 Å². The molecule has 0 saturated heterocycles. The van der Waals surface area contributed by atoms with E-state index in [1.807, 2.05) is 0 Å². The SMILES string of the molecule is NC(Cc1cc(Sc2nc[nH]c2CC(N)C(=O)O)c(O)c(O)c1Sc1nc[nH]c1CC(N)C(=O)O)C(=O)O. The Bertz CT molecular complexity index is 1350. The first-order valence-electron chi connectivity index (χ1n) is 10.8. The number of phenolic OH excluding ortho intramolecular Hbond substituents is 2. The molecule has 0 bridgehead atoms. The zero-order valence-electron chi connectivity index (χ0n) is 19.5. The number of imidazole rings is 2. The number of benzene rings is 1. The van der Waals surface area contributed by atoms with Gasteiger partial charge in [-0.1, -0.05) is 23.5 Å². The molecule has 3 atom stereocenters. The van der Waals surface area contributed by atoms with Crippen molar-refractivity contribution in [2.24, 2.45) is 17.2 Å². The number of aromatic nitrogens is 4. The first-order valence-corrected chi connectivity index (χ1v) is 12.4. The van der Waals surface area contributed by atoms with Crippen LogP contribution in [0.4, 0.5) is 0 Å². The molecule has 0 aliphatic carbocycles. The molecule has 0 radical (unpaired) electrons. The number of nitrogens with zero attached hydrogens (tertiary/aromatic N) is 2. The molecule has 3 unspecified atom stereocenters. The van der Waals surface area contributed by atoms with E-state index in [-0.39, 0.29) is 44.7 Å². The summed E-state index contributed by atoms with van der Waals surface area (Å²) in [6, 6.07) is -2.37. The summed E-state index contributed by atoms with van der Waals surface area (Å²) in [5.74, 6) is -4.89. The molecular formula is C21H25N7O8S2. The molecule has 2 heterocycles. The van der Waals surface area contributed by atoms with Gasteiger partial charge in [-0.25, -0.2) is 9.97 Å². The first kappa shape index (κ1) is 28.8. The van der Waals surface area contributed by atoms with E-state index in [2.05, 4.69) is 19.9 Å². The minimum atomic E-state index is -1.36. The molecule has 13 N–H and O–H groups in total. The highest BCUT2D eigenvalue weighted by Gasteiger charge is 2.26. The van der Waals surface area contributed by atoms with Crippen molar-refractivity contribution in [1.82, 2.24) is 19.9 Å². The molecule has 0 fully saturated rings. The van der Waals surface area contributed by atoms with E-state index in [0.717, 1.165) is 23.5 Å². The van der Waals surface area contributed by atoms with Crippen molar-refractivity contribution in [2.45, 2.75) is 57.2 Å². The molecule has 204 valence electrons. The number of hydrogen-bond acceptors (Lipinski definition) is 12. The number of phenols is 2. The van der Waals surface area contributed by atoms with Crippen LogP contribution in [0.15, 0.2) is 38.6 Å². The van der Waals surface area contributed by atoms with Crippen molar-refractivity contribution in [2.75, 3.05) is 0 Å². The molecule has 0 spiro atoms. The number of carboxylic acids is 3. The van der Waals surface area contributed by atoms with Crippen LogP contribution in [0.2, 0.25) is 0 Å². The van der Waals surface area contributed by atoms with Crippen molar-refractivity contribution < 1.29 is 39.9 Å². The molecule has 15 nitrogen and oxygen atoms in total. The summed E-state index contributed by atoms with van der Waals surface area (Å²) in [6.45, 7) is 0. The third-order valence-corrected chi connectivity index (χ3v) is 7.55. The number of H-pyrrole nitrogens is 2. The quantitative estimate of drug-likeness (QED) is 0.119. The van der Waals surface area contributed by atoms with Crippen LogP contribution in [0.3, 0.4) is 0 Å². The number of aromatic amines is 2. The predicted octanol–water partition coefficient (Wildman–Crippen LogP) is -0.290. The molecule has 0 amide bonds. The van der Waals surface area contributed by atoms with E-state index < -0.39 is 47.5 Å². The third-order valence-electron chi connectivity index (χ3n) is 5.27. The zero-order chi connectivity index (χ0) is 28.1. The van der Waals surface area contributed by atoms with Gasteiger partial charge >= 0.3 is 17.9 Å². The van der Waals surface area contributed by atoms with Crippen LogP contribution in [0.1, 0.15) is 17.0 Å². The molecule has 1 aromatic carbocycles. The summed E-state index contributed by atoms with van der Waals surface area (Å²) >= 11 is 1.76. The smallest absolute Gasteiger partial charge is 0.320 e. The van der Waals surface area contributed by atoms with Crippen molar-refractivity contribution in [3.05, 3.63) is 35.7 Å². The van der Waals surface area contributed by atoms with Gasteiger partial charge < -0.3 is 52.7 Å². The molecule has 3 aromatic rings. The lowest BCUT2D eigenvalue weighted by Gasteiger charge is -2.17. The second kappa shape index (κ2) is 12.2. The van der Waals surface area contributed by atoms with Gasteiger partial charge in [0.2, 0.25) is 0 Å². The topological polar surface area (TPSA) is 288 Å². The Morgan fingerprint density at radius 2 is 1.21 bits per heavy atom. The lowest BCUT2D eigenvalue weighted by molar-refractivity contribution is -0.139. The molecule has 3 rings (SSSR count). The summed E-state index contributed by atoms with van der Waals surface area (Å²) < 4.78 is 0. The van der Waals surface area contributed by atoms with Crippen LogP contribution < -0.4 is 17.2 Å². The number of nitrogens with one attached hydrogen (secondary N) is 2. The Hall–Kier alpha value is -3.77. The fraction of sp³-hybridized carbons (Fsp3) is 0.286. The largest absolute Gasteiger partial charge is 0.503 e. The molecule has 0 saturated carbocycles. The highest BCUT2D eigenvalue weighted by molar-refractivity contribution is 8.00. The summed E-state index contributed by atoms with van der Waals surface area (Å²) in [7, 11) is 0. The van der Waals surface area contributed by atoms with Crippen molar-refractivity contribution >= 4 is 41.4 Å². The monoisotopic (exact) mass is 567 g/mol. The van der Waals surface area contributed by atoms with Gasteiger partial charge in [-0.15, -0.1) is 0 Å². The second-order valence-corrected chi connectivity index (χ2v) is 10.1. The van der Waals surface area contributed by atoms with Gasteiger partial charge in [-0.05, 0) is 18.1 Å². The Kier molecular flexibility index (Phi) is 9.23. The Labute approximate surface area is 222 Å². The number of carbonyl (C=O) groups is 3. The number of hydrogen-bond donors (Lipinski definition) is 10. The van der Waals surface area contributed by atoms with Crippen LogP contribution in [0.25, 0.3) is 0 Å². The van der Waals surface area contributed by atoms with Gasteiger partial charge in [-0.3, -0.25) is 14.4 Å². The Morgan fingerprint density at radius 3 is 1.68 bits per heavy atom. The van der Waals surface area contributed by atoms with Gasteiger partial charge in [0.1, 0.15) is 28.2 Å². The maximum absolute atomic E-state index is 11.5. The number of carboxylic acid groups (broad SMARTS) is 3. The minimum absolute atomic E-state index is 0.0518. The highest BCUT2D eigenvalue weighted by atomic mass is 32.2. The normalized spacial score (nSPS) is 13.7. The number of aromatic hydroxyl groups is 2. The van der Waals surface area contributed by atoms with Gasteiger partial charge in [0, 0.05) is 12.8 Å². The molecule has 38 heavy (non-hydrogen) atoms. The zero-order valence-corrected chi connectivity index (χ0v) is 21.1. The van der Waals surface area contributed by atoms with E-state index in [9.17, 15) is 29.7 Å². The van der Waals surface area contributed by atoms with Gasteiger partial charge in [-0.2, -0.15) is 0 Å². The van der Waals surface area contributed by atoms with Crippen molar-refractivity contribution in [1.29, 1.82) is 0 Å². The number of nitrogens with two attached hydrogens (primary N) is 3. The van der Waals surface area contributed by atoms with E-state index >= 15 is 0 Å². The first-order chi connectivity index (χ1) is 17.9. The maximum atomic E-state index is 11.5. The Morgan fingerprint density at radius 1 is 0.763 bits per heavy atom. The lowest BCUT2D eigenvalue weighted by Crippen LogP contribution is -2.32.